The molecule has 0 radical (unpaired) electrons. The first-order valence-electron chi connectivity index (χ1n) is 11.6. The van der Waals surface area contributed by atoms with Crippen LogP contribution in [-0.2, 0) is 22.9 Å². The Morgan fingerprint density at radius 3 is 2.84 bits per heavy atom. The van der Waals surface area contributed by atoms with Crippen LogP contribution in [0.1, 0.15) is 38.7 Å². The van der Waals surface area contributed by atoms with Crippen molar-refractivity contribution < 1.29 is 14.2 Å². The Hall–Kier alpha value is -2.58. The van der Waals surface area contributed by atoms with Gasteiger partial charge in [0.15, 0.2) is 5.96 Å². The average Bonchev–Trinajstić information content (AvgIpc) is 3.43. The molecule has 0 amide bonds. The molecule has 1 aromatic heterocycles. The summed E-state index contributed by atoms with van der Waals surface area (Å²) in [5, 5.41) is 11.0. The topological polar surface area (TPSA) is 81.9 Å². The van der Waals surface area contributed by atoms with E-state index < -0.39 is 0 Å². The Bertz CT molecular complexity index is 813. The maximum absolute atomic E-state index is 5.75. The molecule has 0 saturated carbocycles. The standard InChI is InChI=1S/C24H37N5O3/c1-19(2)32-22-9-7-21(8-10-22)28-24(26-13-11-20-16-27-29(3)17-20)25-12-5-14-30-18-23-6-4-15-31-23/h7-10,16-17,19,23H,4-6,11-15,18H2,1-3H3,(H2,25,26,28). The van der Waals surface area contributed by atoms with Gasteiger partial charge in [0.25, 0.3) is 0 Å². The molecule has 1 atom stereocenters. The van der Waals surface area contributed by atoms with E-state index in [1.807, 2.05) is 62.2 Å². The summed E-state index contributed by atoms with van der Waals surface area (Å²) in [6, 6.07) is 7.94. The Morgan fingerprint density at radius 1 is 1.31 bits per heavy atom. The van der Waals surface area contributed by atoms with E-state index in [2.05, 4.69) is 15.7 Å². The lowest BCUT2D eigenvalue weighted by Crippen LogP contribution is -2.32. The zero-order valence-corrected chi connectivity index (χ0v) is 19.5. The summed E-state index contributed by atoms with van der Waals surface area (Å²) < 4.78 is 18.9. The highest BCUT2D eigenvalue weighted by Gasteiger charge is 2.14. The van der Waals surface area contributed by atoms with E-state index in [9.17, 15) is 0 Å². The lowest BCUT2D eigenvalue weighted by atomic mass is 10.2. The lowest BCUT2D eigenvalue weighted by Gasteiger charge is -2.14. The Morgan fingerprint density at radius 2 is 2.16 bits per heavy atom. The van der Waals surface area contributed by atoms with Gasteiger partial charge in [-0.1, -0.05) is 0 Å². The molecule has 1 aliphatic rings. The number of guanidine groups is 1. The number of benzene rings is 1. The molecule has 1 saturated heterocycles. The molecular weight excluding hydrogens is 406 g/mol. The monoisotopic (exact) mass is 443 g/mol. The van der Waals surface area contributed by atoms with Crippen molar-refractivity contribution in [2.24, 2.45) is 12.0 Å². The minimum atomic E-state index is 0.155. The fourth-order valence-corrected chi connectivity index (χ4v) is 3.44. The normalized spacial score (nSPS) is 16.5. The largest absolute Gasteiger partial charge is 0.491 e. The van der Waals surface area contributed by atoms with Crippen LogP contribution in [0.2, 0.25) is 0 Å². The molecule has 2 heterocycles. The third kappa shape index (κ3) is 8.88. The quantitative estimate of drug-likeness (QED) is 0.297. The average molecular weight is 444 g/mol. The molecule has 32 heavy (non-hydrogen) atoms. The van der Waals surface area contributed by atoms with Crippen molar-refractivity contribution in [3.05, 3.63) is 42.2 Å². The third-order valence-corrected chi connectivity index (χ3v) is 5.00. The SMILES string of the molecule is CC(C)Oc1ccc(NC(=NCCCOCC2CCCO2)NCCc2cnn(C)c2)cc1. The van der Waals surface area contributed by atoms with E-state index in [0.717, 1.165) is 56.2 Å². The van der Waals surface area contributed by atoms with Gasteiger partial charge in [-0.2, -0.15) is 5.10 Å². The molecule has 1 unspecified atom stereocenters. The second-order valence-corrected chi connectivity index (χ2v) is 8.31. The van der Waals surface area contributed by atoms with Crippen LogP contribution in [0.15, 0.2) is 41.7 Å². The third-order valence-electron chi connectivity index (χ3n) is 5.00. The number of anilines is 1. The maximum Gasteiger partial charge on any atom is 0.195 e. The predicted molar refractivity (Wildman–Crippen MR) is 127 cm³/mol. The van der Waals surface area contributed by atoms with Gasteiger partial charge in [-0.15, -0.1) is 0 Å². The van der Waals surface area contributed by atoms with Crippen molar-refractivity contribution in [3.63, 3.8) is 0 Å². The highest BCUT2D eigenvalue weighted by Crippen LogP contribution is 2.17. The zero-order chi connectivity index (χ0) is 22.6. The van der Waals surface area contributed by atoms with Gasteiger partial charge in [0.2, 0.25) is 0 Å². The summed E-state index contributed by atoms with van der Waals surface area (Å²) in [5.74, 6) is 1.61. The van der Waals surface area contributed by atoms with Crippen molar-refractivity contribution in [1.82, 2.24) is 15.1 Å². The summed E-state index contributed by atoms with van der Waals surface area (Å²) in [4.78, 5) is 4.73. The number of rotatable bonds is 12. The Kier molecular flexibility index (Phi) is 9.84. The van der Waals surface area contributed by atoms with E-state index in [-0.39, 0.29) is 12.2 Å². The summed E-state index contributed by atoms with van der Waals surface area (Å²) >= 11 is 0. The van der Waals surface area contributed by atoms with Crippen molar-refractivity contribution >= 4 is 11.6 Å². The predicted octanol–water partition coefficient (Wildman–Crippen LogP) is 3.39. The minimum Gasteiger partial charge on any atom is -0.491 e. The highest BCUT2D eigenvalue weighted by molar-refractivity contribution is 5.93. The number of ether oxygens (including phenoxy) is 3. The smallest absolute Gasteiger partial charge is 0.195 e. The molecule has 2 N–H and O–H groups in total. The number of aromatic nitrogens is 2. The molecule has 8 nitrogen and oxygen atoms in total. The molecule has 176 valence electrons. The second-order valence-electron chi connectivity index (χ2n) is 8.31. The van der Waals surface area contributed by atoms with Gasteiger partial charge in [-0.05, 0) is 69.4 Å². The van der Waals surface area contributed by atoms with E-state index >= 15 is 0 Å². The first-order chi connectivity index (χ1) is 15.6. The Balaban J connectivity index is 1.47. The zero-order valence-electron chi connectivity index (χ0n) is 19.5. The molecule has 1 fully saturated rings. The molecule has 0 bridgehead atoms. The molecule has 8 heteroatoms. The van der Waals surface area contributed by atoms with Crippen LogP contribution in [-0.4, -0.2) is 60.9 Å². The molecule has 0 aliphatic carbocycles. The van der Waals surface area contributed by atoms with Crippen LogP contribution in [0.25, 0.3) is 0 Å². The summed E-state index contributed by atoms with van der Waals surface area (Å²) in [6.45, 7) is 7.73. The number of hydrogen-bond acceptors (Lipinski definition) is 5. The van der Waals surface area contributed by atoms with E-state index in [1.54, 1.807) is 0 Å². The summed E-state index contributed by atoms with van der Waals surface area (Å²) in [5.41, 5.74) is 2.15. The molecule has 1 aliphatic heterocycles. The molecule has 1 aromatic carbocycles. The van der Waals surface area contributed by atoms with Crippen LogP contribution in [0.3, 0.4) is 0 Å². The molecular formula is C24H37N5O3. The van der Waals surface area contributed by atoms with Crippen LogP contribution in [0, 0.1) is 0 Å². The van der Waals surface area contributed by atoms with Crippen LogP contribution < -0.4 is 15.4 Å². The second kappa shape index (κ2) is 13.1. The fourth-order valence-electron chi connectivity index (χ4n) is 3.44. The number of hydrogen-bond donors (Lipinski definition) is 2. The van der Waals surface area contributed by atoms with Gasteiger partial charge < -0.3 is 24.8 Å². The Labute approximate surface area is 191 Å². The van der Waals surface area contributed by atoms with Gasteiger partial charge in [0.1, 0.15) is 5.75 Å². The van der Waals surface area contributed by atoms with Crippen molar-refractivity contribution in [3.8, 4) is 5.75 Å². The van der Waals surface area contributed by atoms with Crippen molar-refractivity contribution in [2.45, 2.75) is 51.7 Å². The lowest BCUT2D eigenvalue weighted by molar-refractivity contribution is 0.0171. The van der Waals surface area contributed by atoms with Gasteiger partial charge in [0.05, 0.1) is 25.0 Å². The first kappa shape index (κ1) is 24.1. The van der Waals surface area contributed by atoms with E-state index in [0.29, 0.717) is 19.8 Å². The summed E-state index contributed by atoms with van der Waals surface area (Å²) in [7, 11) is 1.93. The first-order valence-corrected chi connectivity index (χ1v) is 11.6. The van der Waals surface area contributed by atoms with Crippen LogP contribution in [0.4, 0.5) is 5.69 Å². The van der Waals surface area contributed by atoms with E-state index in [4.69, 9.17) is 19.2 Å². The van der Waals surface area contributed by atoms with Crippen LogP contribution in [0.5, 0.6) is 5.75 Å². The van der Waals surface area contributed by atoms with Crippen molar-refractivity contribution in [1.29, 1.82) is 0 Å². The van der Waals surface area contributed by atoms with E-state index in [1.165, 1.54) is 5.56 Å². The minimum absolute atomic E-state index is 0.155. The van der Waals surface area contributed by atoms with Crippen molar-refractivity contribution in [2.75, 3.05) is 38.2 Å². The maximum atomic E-state index is 5.75. The van der Waals surface area contributed by atoms with Gasteiger partial charge in [0, 0.05) is 45.2 Å². The highest BCUT2D eigenvalue weighted by atomic mass is 16.5. The van der Waals surface area contributed by atoms with Gasteiger partial charge >= 0.3 is 0 Å². The number of nitrogens with one attached hydrogen (secondary N) is 2. The number of nitrogens with zero attached hydrogens (tertiary/aromatic N) is 3. The molecule has 2 aromatic rings. The fraction of sp³-hybridized carbons (Fsp3) is 0.583. The molecule has 0 spiro atoms. The van der Waals surface area contributed by atoms with Crippen LogP contribution >= 0.6 is 0 Å². The number of aliphatic imine (C=N–C) groups is 1. The summed E-state index contributed by atoms with van der Waals surface area (Å²) in [6.07, 6.45) is 8.34. The molecule has 3 rings (SSSR count). The van der Waals surface area contributed by atoms with Gasteiger partial charge in [-0.25, -0.2) is 0 Å². The number of aryl methyl sites for hydroxylation is 1. The van der Waals surface area contributed by atoms with Gasteiger partial charge in [-0.3, -0.25) is 9.67 Å².